The van der Waals surface area contributed by atoms with E-state index in [4.69, 9.17) is 4.74 Å². The summed E-state index contributed by atoms with van der Waals surface area (Å²) in [5, 5.41) is 16.2. The quantitative estimate of drug-likeness (QED) is 0.311. The van der Waals surface area contributed by atoms with Crippen molar-refractivity contribution in [1.29, 1.82) is 0 Å². The average Bonchev–Trinajstić information content (AvgIpc) is 2.80. The van der Waals surface area contributed by atoms with Crippen LogP contribution in [0.4, 0.5) is 22.7 Å². The van der Waals surface area contributed by atoms with Gasteiger partial charge >= 0.3 is 0 Å². The molecule has 0 aliphatic carbocycles. The summed E-state index contributed by atoms with van der Waals surface area (Å²) >= 11 is 0. The number of carbonyl (C=O) groups is 2. The zero-order chi connectivity index (χ0) is 24.7. The van der Waals surface area contributed by atoms with Gasteiger partial charge in [-0.25, -0.2) is 8.42 Å². The number of nitro benzene ring substituents is 1. The standard InChI is InChI=1S/C22H20N4O7S/c1-33-14-21(27)23-15-9-11-16(12-10-15)24-22(28)19-7-2-3-8-20(19)25-34(31,32)18-6-4-5-17(13-18)26(29)30/h2-13,25H,14H2,1H3,(H,23,27)(H,24,28). The molecule has 12 heteroatoms. The van der Waals surface area contributed by atoms with Gasteiger partial charge in [0, 0.05) is 30.6 Å². The molecule has 0 heterocycles. The predicted molar refractivity (Wildman–Crippen MR) is 125 cm³/mol. The van der Waals surface area contributed by atoms with Gasteiger partial charge in [-0.1, -0.05) is 18.2 Å². The van der Waals surface area contributed by atoms with Crippen LogP contribution in [0.2, 0.25) is 0 Å². The minimum Gasteiger partial charge on any atom is -0.375 e. The number of anilines is 3. The molecule has 0 aliphatic rings. The molecule has 176 valence electrons. The van der Waals surface area contributed by atoms with Gasteiger partial charge < -0.3 is 15.4 Å². The van der Waals surface area contributed by atoms with Crippen LogP contribution in [0, 0.1) is 10.1 Å². The number of methoxy groups -OCH3 is 1. The van der Waals surface area contributed by atoms with Gasteiger partial charge in [0.05, 0.1) is 21.1 Å². The van der Waals surface area contributed by atoms with Gasteiger partial charge in [-0.2, -0.15) is 0 Å². The van der Waals surface area contributed by atoms with Gasteiger partial charge in [-0.15, -0.1) is 0 Å². The Morgan fingerprint density at radius 1 is 0.941 bits per heavy atom. The Kier molecular flexibility index (Phi) is 7.56. The molecule has 0 unspecified atom stereocenters. The molecule has 0 radical (unpaired) electrons. The number of rotatable bonds is 9. The second-order valence-corrected chi connectivity index (χ2v) is 8.60. The molecular weight excluding hydrogens is 464 g/mol. The molecule has 0 bridgehead atoms. The van der Waals surface area contributed by atoms with E-state index in [-0.39, 0.29) is 34.3 Å². The number of benzene rings is 3. The predicted octanol–water partition coefficient (Wildman–Crippen LogP) is 3.23. The number of non-ortho nitro benzene ring substituents is 1. The first-order valence-electron chi connectivity index (χ1n) is 9.76. The fourth-order valence-electron chi connectivity index (χ4n) is 2.90. The zero-order valence-corrected chi connectivity index (χ0v) is 18.7. The SMILES string of the molecule is COCC(=O)Nc1ccc(NC(=O)c2ccccc2NS(=O)(=O)c2cccc([N+](=O)[O-])c2)cc1. The van der Waals surface area contributed by atoms with Crippen LogP contribution in [0.5, 0.6) is 0 Å². The molecule has 34 heavy (non-hydrogen) atoms. The van der Waals surface area contributed by atoms with Gasteiger partial charge in [-0.05, 0) is 42.5 Å². The van der Waals surface area contributed by atoms with Crippen molar-refractivity contribution in [2.45, 2.75) is 4.90 Å². The highest BCUT2D eigenvalue weighted by Crippen LogP contribution is 2.24. The number of nitrogens with one attached hydrogen (secondary N) is 3. The van der Waals surface area contributed by atoms with Crippen LogP contribution in [-0.4, -0.2) is 38.9 Å². The van der Waals surface area contributed by atoms with E-state index in [1.54, 1.807) is 36.4 Å². The molecule has 2 amide bonds. The largest absolute Gasteiger partial charge is 0.375 e. The molecule has 0 aliphatic heterocycles. The van der Waals surface area contributed by atoms with Gasteiger partial charge in [0.25, 0.3) is 21.6 Å². The van der Waals surface area contributed by atoms with E-state index in [2.05, 4.69) is 15.4 Å². The van der Waals surface area contributed by atoms with Gasteiger partial charge in [0.2, 0.25) is 5.91 Å². The number of hydrogen-bond acceptors (Lipinski definition) is 7. The van der Waals surface area contributed by atoms with Crippen LogP contribution in [-0.2, 0) is 19.6 Å². The lowest BCUT2D eigenvalue weighted by molar-refractivity contribution is -0.385. The molecule has 0 aromatic heterocycles. The Bertz CT molecular complexity index is 1330. The first-order chi connectivity index (χ1) is 16.2. The lowest BCUT2D eigenvalue weighted by Gasteiger charge is -2.13. The van der Waals surface area contributed by atoms with E-state index in [1.165, 1.54) is 37.4 Å². The highest BCUT2D eigenvalue weighted by Gasteiger charge is 2.21. The number of amides is 2. The van der Waals surface area contributed by atoms with Crippen molar-refractivity contribution in [2.75, 3.05) is 29.1 Å². The topological polar surface area (TPSA) is 157 Å². The van der Waals surface area contributed by atoms with Crippen LogP contribution < -0.4 is 15.4 Å². The number of nitro groups is 1. The summed E-state index contributed by atoms with van der Waals surface area (Å²) < 4.78 is 32.6. The number of carbonyl (C=O) groups excluding carboxylic acids is 2. The van der Waals surface area contributed by atoms with Crippen molar-refractivity contribution < 1.29 is 27.7 Å². The number of sulfonamides is 1. The zero-order valence-electron chi connectivity index (χ0n) is 17.8. The van der Waals surface area contributed by atoms with E-state index >= 15 is 0 Å². The van der Waals surface area contributed by atoms with E-state index < -0.39 is 20.9 Å². The van der Waals surface area contributed by atoms with Crippen molar-refractivity contribution in [3.8, 4) is 0 Å². The second kappa shape index (κ2) is 10.6. The van der Waals surface area contributed by atoms with E-state index in [9.17, 15) is 28.1 Å². The van der Waals surface area contributed by atoms with Crippen LogP contribution in [0.1, 0.15) is 10.4 Å². The Balaban J connectivity index is 1.77. The van der Waals surface area contributed by atoms with Gasteiger partial charge in [-0.3, -0.25) is 24.4 Å². The summed E-state index contributed by atoms with van der Waals surface area (Å²) in [6, 6.07) is 16.8. The molecule has 11 nitrogen and oxygen atoms in total. The van der Waals surface area contributed by atoms with Gasteiger partial charge in [0.15, 0.2) is 0 Å². The van der Waals surface area contributed by atoms with E-state index in [0.29, 0.717) is 11.4 Å². The van der Waals surface area contributed by atoms with Crippen LogP contribution in [0.25, 0.3) is 0 Å². The van der Waals surface area contributed by atoms with Crippen molar-refractivity contribution in [3.05, 3.63) is 88.5 Å². The lowest BCUT2D eigenvalue weighted by atomic mass is 10.1. The van der Waals surface area contributed by atoms with E-state index in [0.717, 1.165) is 6.07 Å². The summed E-state index contributed by atoms with van der Waals surface area (Å²) in [5.41, 5.74) is 0.566. The average molecular weight is 484 g/mol. The molecule has 3 aromatic rings. The highest BCUT2D eigenvalue weighted by atomic mass is 32.2. The summed E-state index contributed by atoms with van der Waals surface area (Å²) in [7, 11) is -2.80. The van der Waals surface area contributed by atoms with Crippen molar-refractivity contribution in [1.82, 2.24) is 0 Å². The molecule has 3 aromatic carbocycles. The second-order valence-electron chi connectivity index (χ2n) is 6.92. The van der Waals surface area contributed by atoms with Crippen LogP contribution in [0.15, 0.2) is 77.7 Å². The normalized spacial score (nSPS) is 10.9. The first-order valence-corrected chi connectivity index (χ1v) is 11.2. The Morgan fingerprint density at radius 2 is 1.59 bits per heavy atom. The molecule has 0 saturated carbocycles. The molecular formula is C22H20N4O7S. The number of para-hydroxylation sites is 1. The Morgan fingerprint density at radius 3 is 2.24 bits per heavy atom. The van der Waals surface area contributed by atoms with Crippen molar-refractivity contribution in [2.24, 2.45) is 0 Å². The number of ether oxygens (including phenoxy) is 1. The maximum Gasteiger partial charge on any atom is 0.270 e. The summed E-state index contributed by atoms with van der Waals surface area (Å²) in [5.74, 6) is -0.919. The summed E-state index contributed by atoms with van der Waals surface area (Å²) in [4.78, 5) is 34.4. The molecule has 0 atom stereocenters. The molecule has 0 fully saturated rings. The van der Waals surface area contributed by atoms with E-state index in [1.807, 2.05) is 0 Å². The number of hydrogen-bond donors (Lipinski definition) is 3. The molecule has 3 rings (SSSR count). The monoisotopic (exact) mass is 484 g/mol. The minimum absolute atomic E-state index is 0.00467. The third-order valence-corrected chi connectivity index (χ3v) is 5.82. The molecule has 0 saturated heterocycles. The third kappa shape index (κ3) is 6.15. The highest BCUT2D eigenvalue weighted by molar-refractivity contribution is 7.92. The van der Waals surface area contributed by atoms with Crippen molar-refractivity contribution >= 4 is 44.6 Å². The molecule has 3 N–H and O–H groups in total. The smallest absolute Gasteiger partial charge is 0.270 e. The Labute approximate surface area is 195 Å². The summed E-state index contributed by atoms with van der Waals surface area (Å²) in [6.45, 7) is -0.0957. The summed E-state index contributed by atoms with van der Waals surface area (Å²) in [6.07, 6.45) is 0. The Hall–Kier alpha value is -4.29. The fraction of sp³-hybridized carbons (Fsp3) is 0.0909. The molecule has 0 spiro atoms. The number of nitrogens with zero attached hydrogens (tertiary/aromatic N) is 1. The van der Waals surface area contributed by atoms with Gasteiger partial charge in [0.1, 0.15) is 6.61 Å². The lowest BCUT2D eigenvalue weighted by Crippen LogP contribution is -2.19. The minimum atomic E-state index is -4.21. The van der Waals surface area contributed by atoms with Crippen LogP contribution in [0.3, 0.4) is 0 Å². The maximum atomic E-state index is 12.8. The van der Waals surface area contributed by atoms with Crippen LogP contribution >= 0.6 is 0 Å². The first kappa shape index (κ1) is 24.4. The van der Waals surface area contributed by atoms with Crippen molar-refractivity contribution in [3.63, 3.8) is 0 Å². The third-order valence-electron chi connectivity index (χ3n) is 4.46. The maximum absolute atomic E-state index is 12.8. The fourth-order valence-corrected chi connectivity index (χ4v) is 4.02.